The average Bonchev–Trinajstić information content (AvgIpc) is 1.72. The van der Waals surface area contributed by atoms with Gasteiger partial charge in [0.1, 0.15) is 36.5 Å². The van der Waals surface area contributed by atoms with E-state index in [1.54, 1.807) is 12.1 Å². The Kier molecular flexibility index (Phi) is 18.2. The number of rotatable bonds is 24. The Morgan fingerprint density at radius 3 is 1.77 bits per heavy atom. The molecule has 2 bridgehead atoms. The van der Waals surface area contributed by atoms with Gasteiger partial charge < -0.3 is 99.5 Å². The summed E-state index contributed by atoms with van der Waals surface area (Å²) in [7, 11) is -9.04. The highest BCUT2D eigenvalue weighted by molar-refractivity contribution is 7.86. The molecule has 5 saturated heterocycles. The van der Waals surface area contributed by atoms with E-state index in [-0.39, 0.29) is 22.6 Å². The lowest BCUT2D eigenvalue weighted by atomic mass is 9.81. The first-order valence-corrected chi connectivity index (χ1v) is 31.6. The predicted octanol–water partition coefficient (Wildman–Crippen LogP) is -1.99. The van der Waals surface area contributed by atoms with Crippen LogP contribution in [0.4, 0.5) is 11.4 Å². The number of fused-ring (bicyclic) bond motifs is 7. The summed E-state index contributed by atoms with van der Waals surface area (Å²) in [6, 6.07) is 8.85. The van der Waals surface area contributed by atoms with Crippen LogP contribution in [0, 0.1) is 23.7 Å². The number of carbonyl (C=O) groups excluding carboxylic acids is 1. The molecule has 0 radical (unpaired) electrons. The van der Waals surface area contributed by atoms with Crippen molar-refractivity contribution in [3.05, 3.63) is 83.6 Å². The van der Waals surface area contributed by atoms with Crippen molar-refractivity contribution in [3.63, 3.8) is 0 Å². The van der Waals surface area contributed by atoms with Gasteiger partial charge in [-0.25, -0.2) is 0 Å². The first-order chi connectivity index (χ1) is 40.8. The number of nitrogens with zero attached hydrogens (tertiary/aromatic N) is 2. The molecule has 2 aromatic carbocycles. The van der Waals surface area contributed by atoms with Crippen molar-refractivity contribution in [1.82, 2.24) is 5.32 Å². The van der Waals surface area contributed by atoms with Crippen molar-refractivity contribution < 1.29 is 125 Å². The van der Waals surface area contributed by atoms with Gasteiger partial charge in [0, 0.05) is 47.5 Å². The van der Waals surface area contributed by atoms with E-state index in [2.05, 4.69) is 9.89 Å². The minimum atomic E-state index is -4.59. The van der Waals surface area contributed by atoms with Gasteiger partial charge in [0.05, 0.1) is 96.3 Å². The summed E-state index contributed by atoms with van der Waals surface area (Å²) in [5.74, 6) is -10.4. The quantitative estimate of drug-likeness (QED) is 0.0234. The van der Waals surface area contributed by atoms with Gasteiger partial charge in [-0.15, -0.1) is 0 Å². The zero-order chi connectivity index (χ0) is 63.3. The van der Waals surface area contributed by atoms with Crippen molar-refractivity contribution in [2.75, 3.05) is 51.0 Å². The lowest BCUT2D eigenvalue weighted by molar-refractivity contribution is -0.446. The zero-order valence-electron chi connectivity index (χ0n) is 48.3. The Morgan fingerprint density at radius 2 is 1.22 bits per heavy atom. The van der Waals surface area contributed by atoms with E-state index >= 15 is 0 Å². The van der Waals surface area contributed by atoms with Crippen LogP contribution in [0.3, 0.4) is 0 Å². The number of aliphatic hydroxyl groups is 11. The molecule has 14 N–H and O–H groups in total. The molecule has 2 saturated carbocycles. The second-order valence-electron chi connectivity index (χ2n) is 24.7. The van der Waals surface area contributed by atoms with Crippen molar-refractivity contribution in [2.24, 2.45) is 23.7 Å². The molecule has 9 aliphatic rings. The third-order valence-electron chi connectivity index (χ3n) is 18.7. The first-order valence-electron chi connectivity index (χ1n) is 28.8. The number of ether oxygens (including phenoxy) is 7. The largest absolute Gasteiger partial charge is 0.396 e. The Labute approximate surface area is 501 Å². The maximum absolute atomic E-state index is 14.4. The molecule has 482 valence electrons. The van der Waals surface area contributed by atoms with Crippen molar-refractivity contribution in [2.45, 2.75) is 172 Å². The number of aliphatic hydroxyl groups excluding tert-OH is 9. The number of hydrogen-bond donors (Lipinski definition) is 14. The highest BCUT2D eigenvalue weighted by atomic mass is 32.2. The van der Waals surface area contributed by atoms with E-state index in [1.807, 2.05) is 69.9 Å². The summed E-state index contributed by atoms with van der Waals surface area (Å²) in [4.78, 5) is 15.9. The lowest BCUT2D eigenvalue weighted by Crippen LogP contribution is -2.70. The van der Waals surface area contributed by atoms with Crippen LogP contribution in [0.1, 0.15) is 71.4 Å². The maximum atomic E-state index is 14.4. The fraction of sp³-hybridized carbons (Fsp3) is 0.649. The number of amides is 1. The fourth-order valence-electron chi connectivity index (χ4n) is 13.8. The summed E-state index contributed by atoms with van der Waals surface area (Å²) in [5, 5.41) is 120. The molecule has 30 heteroatoms. The molecule has 7 fully saturated rings. The molecule has 0 spiro atoms. The van der Waals surface area contributed by atoms with Crippen molar-refractivity contribution in [1.29, 1.82) is 0 Å². The first kappa shape index (κ1) is 65.6. The Bertz CT molecular complexity index is 3250. The highest BCUT2D eigenvalue weighted by Crippen LogP contribution is 2.55. The summed E-state index contributed by atoms with van der Waals surface area (Å²) in [5.41, 5.74) is 1.08. The van der Waals surface area contributed by atoms with Crippen molar-refractivity contribution in [3.8, 4) is 0 Å². The van der Waals surface area contributed by atoms with Gasteiger partial charge in [-0.2, -0.15) is 21.4 Å². The van der Waals surface area contributed by atoms with E-state index in [9.17, 15) is 86.9 Å². The normalized spacial score (nSPS) is 37.5. The zero-order valence-corrected chi connectivity index (χ0v) is 49.9. The highest BCUT2D eigenvalue weighted by Gasteiger charge is 2.73. The molecule has 18 unspecified atom stereocenters. The van der Waals surface area contributed by atoms with E-state index in [4.69, 9.17) is 33.2 Å². The molecule has 2 aliphatic carbocycles. The molecule has 87 heavy (non-hydrogen) atoms. The number of anilines is 1. The predicted molar refractivity (Wildman–Crippen MR) is 298 cm³/mol. The molecule has 28 nitrogen and oxygen atoms in total. The fourth-order valence-corrected chi connectivity index (χ4v) is 14.8. The summed E-state index contributed by atoms with van der Waals surface area (Å²) < 4.78 is 112. The minimum absolute atomic E-state index is 0.168. The molecule has 0 aromatic heterocycles. The number of hydrogen-bond acceptors (Lipinski definition) is 24. The lowest BCUT2D eigenvalue weighted by Gasteiger charge is -2.52. The second kappa shape index (κ2) is 24.1. The number of carbonyl (C=O) groups is 1. The van der Waals surface area contributed by atoms with E-state index < -0.39 is 185 Å². The van der Waals surface area contributed by atoms with Gasteiger partial charge in [-0.1, -0.05) is 38.5 Å². The van der Waals surface area contributed by atoms with Crippen molar-refractivity contribution >= 4 is 43.2 Å². The van der Waals surface area contributed by atoms with Crippen LogP contribution in [0.2, 0.25) is 0 Å². The van der Waals surface area contributed by atoms with Gasteiger partial charge >= 0.3 is 0 Å². The molecule has 1 amide bonds. The number of benzene rings is 2. The monoisotopic (exact) mass is 1270 g/mol. The minimum Gasteiger partial charge on any atom is -0.396 e. The van der Waals surface area contributed by atoms with Crippen LogP contribution in [0.15, 0.2) is 82.3 Å². The topological polar surface area (TPSA) is 431 Å². The smallest absolute Gasteiger partial charge is 0.294 e. The van der Waals surface area contributed by atoms with Gasteiger partial charge in [0.2, 0.25) is 11.6 Å². The molecular weight excluding hydrogens is 1190 g/mol. The summed E-state index contributed by atoms with van der Waals surface area (Å²) >= 11 is 0. The van der Waals surface area contributed by atoms with E-state index in [0.29, 0.717) is 37.2 Å². The van der Waals surface area contributed by atoms with Gasteiger partial charge in [0.25, 0.3) is 20.2 Å². The Hall–Kier alpha value is -4.30. The standard InChI is InChI=1S/C57H77N3O25S2/c1-6-59-34-18-16-28(86(73,74)75)21-30(34)53(2,3)36(59)13-9-7-10-14-37-54(4,5)31-22-29(87(76,77)78)17-19-35(31)60(37)20-12-8-11-15-38(63)58-55(27-81-52-48-46(69)45(68)47(83-52)49(70)82-48,25-79-50-39-43(66)41(64)32(23-61)56(39,71)84-50)26-80-51-40-44(67)42(65)33(24-62)57(40,72)85-51/h7,9-10,13-14,16-19,21-22,32-33,39-52,61-62,64-72H,6,8,11-12,15,20,23-27H2,1-5H3,(H2-,58,63,73,74,75,76,77,78)/p+1. The van der Waals surface area contributed by atoms with Crippen LogP contribution in [-0.4, -0.2) is 236 Å². The Balaban J connectivity index is 0.867. The van der Waals surface area contributed by atoms with E-state index in [0.717, 1.165) is 22.7 Å². The van der Waals surface area contributed by atoms with Gasteiger partial charge in [-0.3, -0.25) is 13.9 Å². The molecule has 2 aromatic rings. The molecule has 7 aliphatic heterocycles. The van der Waals surface area contributed by atoms with Crippen LogP contribution in [-0.2, 0) is 69.0 Å². The summed E-state index contributed by atoms with van der Waals surface area (Å²) in [6.45, 7) is 7.08. The van der Waals surface area contributed by atoms with Gasteiger partial charge in [-0.05, 0) is 75.6 Å². The molecule has 11 rings (SSSR count). The number of nitrogens with one attached hydrogen (secondary N) is 1. The molecule has 7 heterocycles. The second-order valence-corrected chi connectivity index (χ2v) is 27.6. The third-order valence-corrected chi connectivity index (χ3v) is 20.4. The third kappa shape index (κ3) is 11.5. The SMILES string of the molecule is CC[N+]1=C(/C=C/C=C/C=C2/N(CCCCCC(=O)NC(COC3OC4C(O)OC3C(O)C4O)(COC3OC4(O)C(CO)C(O)C(O)C34)COC3OC4(O)C(CO)C(O)C(O)C34)c3ccc(S(=O)(=O)O)cc3C2(C)C)C(C)(C)c2cc(S(=O)(=O)O)ccc21. The Morgan fingerprint density at radius 1 is 0.678 bits per heavy atom. The van der Waals surface area contributed by atoms with Gasteiger partial charge in [0.15, 0.2) is 42.4 Å². The van der Waals surface area contributed by atoms with Crippen LogP contribution in [0.25, 0.3) is 0 Å². The average molecular weight is 1270 g/mol. The van der Waals surface area contributed by atoms with E-state index in [1.165, 1.54) is 24.3 Å². The van der Waals surface area contributed by atoms with Crippen LogP contribution in [0.5, 0.6) is 0 Å². The van der Waals surface area contributed by atoms with Crippen LogP contribution < -0.4 is 10.2 Å². The van der Waals surface area contributed by atoms with Crippen LogP contribution >= 0.6 is 0 Å². The maximum Gasteiger partial charge on any atom is 0.294 e. The number of unbranched alkanes of at least 4 members (excludes halogenated alkanes) is 2. The number of allylic oxidation sites excluding steroid dienone is 6. The molecule has 18 atom stereocenters. The molecular formula is C57H78N3O25S2+. The summed E-state index contributed by atoms with van der Waals surface area (Å²) in [6.07, 6.45) is -8.60.